The van der Waals surface area contributed by atoms with E-state index in [-0.39, 0.29) is 5.91 Å². The van der Waals surface area contributed by atoms with E-state index in [2.05, 4.69) is 24.1 Å². The summed E-state index contributed by atoms with van der Waals surface area (Å²) >= 11 is 0. The van der Waals surface area contributed by atoms with E-state index in [1.54, 1.807) is 6.07 Å². The zero-order valence-corrected chi connectivity index (χ0v) is 16.5. The van der Waals surface area contributed by atoms with E-state index >= 15 is 0 Å². The van der Waals surface area contributed by atoms with E-state index in [9.17, 15) is 4.79 Å². The van der Waals surface area contributed by atoms with Gasteiger partial charge in [0, 0.05) is 12.7 Å². The minimum atomic E-state index is -0.811. The van der Waals surface area contributed by atoms with Gasteiger partial charge in [0.25, 0.3) is 5.91 Å². The fraction of sp³-hybridized carbons (Fsp3) is 0.700. The third-order valence-corrected chi connectivity index (χ3v) is 4.17. The van der Waals surface area contributed by atoms with Gasteiger partial charge < -0.3 is 14.8 Å². The number of aromatic nitrogens is 1. The number of amides is 1. The fourth-order valence-corrected chi connectivity index (χ4v) is 2.42. The fourth-order valence-electron chi connectivity index (χ4n) is 2.42. The Bertz CT molecular complexity index is 524. The van der Waals surface area contributed by atoms with Crippen molar-refractivity contribution < 1.29 is 14.3 Å². The summed E-state index contributed by atoms with van der Waals surface area (Å²) in [5.41, 5.74) is 0.640. The molecule has 0 spiro atoms. The van der Waals surface area contributed by atoms with Gasteiger partial charge in [0.05, 0.1) is 18.0 Å². The summed E-state index contributed by atoms with van der Waals surface area (Å²) in [6.07, 6.45) is 5.67. The van der Waals surface area contributed by atoms with Crippen LogP contribution in [0.5, 0.6) is 5.88 Å². The topological polar surface area (TPSA) is 60.5 Å². The molecule has 1 aromatic rings. The first-order valence-corrected chi connectivity index (χ1v) is 9.52. The van der Waals surface area contributed by atoms with Crippen molar-refractivity contribution >= 4 is 11.6 Å². The number of ether oxygens (including phenoxy) is 2. The van der Waals surface area contributed by atoms with E-state index < -0.39 is 5.60 Å². The number of carbonyl (C=O) groups is 1. The van der Waals surface area contributed by atoms with Gasteiger partial charge in [-0.1, -0.05) is 40.0 Å². The average Bonchev–Trinajstić information content (AvgIpc) is 2.60. The van der Waals surface area contributed by atoms with Gasteiger partial charge in [-0.3, -0.25) is 4.79 Å². The van der Waals surface area contributed by atoms with Gasteiger partial charge in [-0.05, 0) is 39.2 Å². The van der Waals surface area contributed by atoms with Crippen LogP contribution in [0.3, 0.4) is 0 Å². The predicted molar refractivity (Wildman–Crippen MR) is 102 cm³/mol. The number of carbonyl (C=O) groups excluding carboxylic acids is 1. The Labute approximate surface area is 152 Å². The monoisotopic (exact) mass is 350 g/mol. The lowest BCUT2D eigenvalue weighted by Gasteiger charge is -2.29. The van der Waals surface area contributed by atoms with E-state index in [1.165, 1.54) is 0 Å². The van der Waals surface area contributed by atoms with Gasteiger partial charge >= 0.3 is 0 Å². The van der Waals surface area contributed by atoms with Gasteiger partial charge in [0.15, 0.2) is 0 Å². The number of hydrogen-bond donors (Lipinski definition) is 1. The van der Waals surface area contributed by atoms with E-state index in [0.717, 1.165) is 37.8 Å². The lowest BCUT2D eigenvalue weighted by atomic mass is 9.97. The zero-order valence-electron chi connectivity index (χ0n) is 16.5. The van der Waals surface area contributed by atoms with Crippen LogP contribution in [0, 0.1) is 6.92 Å². The molecule has 25 heavy (non-hydrogen) atoms. The molecular weight excluding hydrogens is 316 g/mol. The molecule has 1 atom stereocenters. The Morgan fingerprint density at radius 1 is 1.12 bits per heavy atom. The summed E-state index contributed by atoms with van der Waals surface area (Å²) in [7, 11) is 0. The number of hydrogen-bond acceptors (Lipinski definition) is 4. The molecule has 0 saturated heterocycles. The molecule has 0 unspecified atom stereocenters. The normalized spacial score (nSPS) is 13.3. The van der Waals surface area contributed by atoms with Crippen molar-refractivity contribution in [2.45, 2.75) is 78.7 Å². The quantitative estimate of drug-likeness (QED) is 0.546. The second-order valence-corrected chi connectivity index (χ2v) is 6.62. The zero-order chi connectivity index (χ0) is 18.7. The molecule has 1 aromatic heterocycles. The Balaban J connectivity index is 2.78. The third kappa shape index (κ3) is 7.02. The van der Waals surface area contributed by atoms with Crippen LogP contribution in [0.4, 0.5) is 5.69 Å². The first-order valence-electron chi connectivity index (χ1n) is 9.52. The van der Waals surface area contributed by atoms with Crippen molar-refractivity contribution in [3.63, 3.8) is 0 Å². The Hall–Kier alpha value is -1.62. The predicted octanol–water partition coefficient (Wildman–Crippen LogP) is 4.88. The average molecular weight is 351 g/mol. The van der Waals surface area contributed by atoms with Crippen LogP contribution in [0.2, 0.25) is 0 Å². The number of rotatable bonds is 12. The molecule has 0 saturated carbocycles. The number of aryl methyl sites for hydroxylation is 1. The van der Waals surface area contributed by atoms with Crippen molar-refractivity contribution in [2.75, 3.05) is 18.5 Å². The Kier molecular flexibility index (Phi) is 9.50. The van der Waals surface area contributed by atoms with Gasteiger partial charge in [0.2, 0.25) is 5.88 Å². The first kappa shape index (κ1) is 21.4. The molecule has 1 amide bonds. The van der Waals surface area contributed by atoms with Crippen molar-refractivity contribution in [1.82, 2.24) is 4.98 Å². The van der Waals surface area contributed by atoms with E-state index in [0.29, 0.717) is 31.2 Å². The van der Waals surface area contributed by atoms with Crippen molar-refractivity contribution in [2.24, 2.45) is 0 Å². The maximum atomic E-state index is 12.8. The number of anilines is 1. The number of nitrogens with zero attached hydrogens (tertiary/aromatic N) is 1. The van der Waals surface area contributed by atoms with E-state index in [1.807, 2.05) is 26.8 Å². The highest BCUT2D eigenvalue weighted by molar-refractivity contribution is 5.97. The van der Waals surface area contributed by atoms with Gasteiger partial charge in [0.1, 0.15) is 5.60 Å². The Morgan fingerprint density at radius 3 is 2.44 bits per heavy atom. The minimum Gasteiger partial charge on any atom is -0.478 e. The van der Waals surface area contributed by atoms with Gasteiger partial charge in [-0.2, -0.15) is 0 Å². The summed E-state index contributed by atoms with van der Waals surface area (Å²) < 4.78 is 11.5. The van der Waals surface area contributed by atoms with Crippen molar-refractivity contribution in [3.05, 3.63) is 17.8 Å². The SMILES string of the molecule is CCCCOc1ccc(NC(=O)[C@](C)(CCCC)OCCC)c(C)n1. The maximum absolute atomic E-state index is 12.8. The highest BCUT2D eigenvalue weighted by Gasteiger charge is 2.33. The van der Waals surface area contributed by atoms with Crippen LogP contribution in [0.25, 0.3) is 0 Å². The van der Waals surface area contributed by atoms with Crippen LogP contribution in [0.1, 0.15) is 71.9 Å². The van der Waals surface area contributed by atoms with Crippen LogP contribution >= 0.6 is 0 Å². The molecule has 0 aromatic carbocycles. The molecule has 0 fully saturated rings. The second-order valence-electron chi connectivity index (χ2n) is 6.62. The molecule has 5 nitrogen and oxygen atoms in total. The number of pyridine rings is 1. The minimum absolute atomic E-state index is 0.112. The van der Waals surface area contributed by atoms with Crippen LogP contribution in [0.15, 0.2) is 12.1 Å². The molecule has 142 valence electrons. The molecule has 0 aliphatic heterocycles. The molecule has 5 heteroatoms. The molecule has 1 rings (SSSR count). The lowest BCUT2D eigenvalue weighted by Crippen LogP contribution is -2.43. The van der Waals surface area contributed by atoms with Crippen molar-refractivity contribution in [3.8, 4) is 5.88 Å². The maximum Gasteiger partial charge on any atom is 0.256 e. The second kappa shape index (κ2) is 11.1. The largest absolute Gasteiger partial charge is 0.478 e. The molecule has 1 N–H and O–H groups in total. The highest BCUT2D eigenvalue weighted by atomic mass is 16.5. The Morgan fingerprint density at radius 2 is 1.84 bits per heavy atom. The molecule has 1 heterocycles. The molecule has 0 aliphatic carbocycles. The van der Waals surface area contributed by atoms with Crippen molar-refractivity contribution in [1.29, 1.82) is 0 Å². The molecule has 0 bridgehead atoms. The number of nitrogens with one attached hydrogen (secondary N) is 1. The summed E-state index contributed by atoms with van der Waals surface area (Å²) in [4.78, 5) is 17.2. The smallest absolute Gasteiger partial charge is 0.256 e. The van der Waals surface area contributed by atoms with Crippen LogP contribution in [-0.4, -0.2) is 29.7 Å². The van der Waals surface area contributed by atoms with Gasteiger partial charge in [-0.15, -0.1) is 0 Å². The number of unbranched alkanes of at least 4 members (excludes halogenated alkanes) is 2. The summed E-state index contributed by atoms with van der Waals surface area (Å²) in [5.74, 6) is 0.485. The lowest BCUT2D eigenvalue weighted by molar-refractivity contribution is -0.140. The third-order valence-electron chi connectivity index (χ3n) is 4.17. The standard InChI is InChI=1S/C20H34N2O3/c1-6-9-13-20(5,25-14-8-3)19(23)22-17-11-12-18(21-16(17)4)24-15-10-7-2/h11-12H,6-10,13-15H2,1-5H3,(H,22,23)/t20-/m0/s1. The molecule has 0 radical (unpaired) electrons. The van der Waals surface area contributed by atoms with E-state index in [4.69, 9.17) is 9.47 Å². The highest BCUT2D eigenvalue weighted by Crippen LogP contribution is 2.24. The van der Waals surface area contributed by atoms with Crippen LogP contribution in [-0.2, 0) is 9.53 Å². The summed E-state index contributed by atoms with van der Waals surface area (Å²) in [6.45, 7) is 11.3. The molecular formula is C20H34N2O3. The summed E-state index contributed by atoms with van der Waals surface area (Å²) in [6, 6.07) is 3.65. The van der Waals surface area contributed by atoms with Crippen LogP contribution < -0.4 is 10.1 Å². The summed E-state index contributed by atoms with van der Waals surface area (Å²) in [5, 5.41) is 2.98. The van der Waals surface area contributed by atoms with Gasteiger partial charge in [-0.25, -0.2) is 4.98 Å². The molecule has 0 aliphatic rings. The first-order chi connectivity index (χ1) is 12.0.